The summed E-state index contributed by atoms with van der Waals surface area (Å²) in [7, 11) is 3.51. The van der Waals surface area contributed by atoms with Gasteiger partial charge in [0.1, 0.15) is 11.5 Å². The van der Waals surface area contributed by atoms with Crippen molar-refractivity contribution in [1.29, 1.82) is 0 Å². The van der Waals surface area contributed by atoms with Gasteiger partial charge < -0.3 is 9.47 Å². The Balaban J connectivity index is 1.74. The summed E-state index contributed by atoms with van der Waals surface area (Å²) < 4.78 is 11.2. The van der Waals surface area contributed by atoms with Crippen LogP contribution < -0.4 is 9.47 Å². The molecule has 0 N–H and O–H groups in total. The lowest BCUT2D eigenvalue weighted by molar-refractivity contribution is 0.411. The van der Waals surface area contributed by atoms with E-state index in [0.29, 0.717) is 0 Å². The summed E-state index contributed by atoms with van der Waals surface area (Å²) in [5, 5.41) is 0. The zero-order chi connectivity index (χ0) is 22.7. The highest BCUT2D eigenvalue weighted by Gasteiger charge is 2.32. The van der Waals surface area contributed by atoms with Crippen LogP contribution in [-0.2, 0) is 23.7 Å². The summed E-state index contributed by atoms with van der Waals surface area (Å²) in [5.41, 5.74) is 11.5. The first-order valence-corrected chi connectivity index (χ1v) is 11.8. The second-order valence-electron chi connectivity index (χ2n) is 10.8. The minimum Gasteiger partial charge on any atom is -0.497 e. The van der Waals surface area contributed by atoms with Crippen LogP contribution in [0.3, 0.4) is 0 Å². The predicted octanol–water partition coefficient (Wildman–Crippen LogP) is 7.49. The fraction of sp³-hybridized carbons (Fsp3) is 0.400. The van der Waals surface area contributed by atoms with Gasteiger partial charge in [0, 0.05) is 0 Å². The molecule has 0 bridgehead atoms. The molecule has 2 aliphatic carbocycles. The van der Waals surface area contributed by atoms with Crippen LogP contribution >= 0.6 is 0 Å². The van der Waals surface area contributed by atoms with E-state index in [1.165, 1.54) is 44.5 Å². The van der Waals surface area contributed by atoms with Crippen molar-refractivity contribution in [1.82, 2.24) is 0 Å². The van der Waals surface area contributed by atoms with Crippen molar-refractivity contribution in [2.75, 3.05) is 14.2 Å². The van der Waals surface area contributed by atoms with Gasteiger partial charge in [0.15, 0.2) is 0 Å². The number of hydrogen-bond donors (Lipinski definition) is 0. The third-order valence-electron chi connectivity index (χ3n) is 7.86. The highest BCUT2D eigenvalue weighted by atomic mass is 16.5. The number of aryl methyl sites for hydroxylation is 2. The van der Waals surface area contributed by atoms with E-state index in [1.807, 2.05) is 0 Å². The van der Waals surface area contributed by atoms with Crippen molar-refractivity contribution in [3.8, 4) is 33.8 Å². The molecule has 5 rings (SSSR count). The second-order valence-corrected chi connectivity index (χ2v) is 10.8. The minimum atomic E-state index is 0.105. The highest BCUT2D eigenvalue weighted by molar-refractivity contribution is 5.82. The fourth-order valence-corrected chi connectivity index (χ4v) is 5.66. The molecule has 0 spiro atoms. The first-order chi connectivity index (χ1) is 15.2. The molecule has 3 aromatic carbocycles. The number of benzene rings is 3. The quantitative estimate of drug-likeness (QED) is 0.423. The van der Waals surface area contributed by atoms with Gasteiger partial charge in [-0.3, -0.25) is 0 Å². The van der Waals surface area contributed by atoms with Gasteiger partial charge in [-0.2, -0.15) is 0 Å². The fourth-order valence-electron chi connectivity index (χ4n) is 5.66. The Bertz CT molecular complexity index is 1100. The van der Waals surface area contributed by atoms with E-state index in [0.717, 1.165) is 37.2 Å². The van der Waals surface area contributed by atoms with Crippen molar-refractivity contribution in [2.45, 2.75) is 64.2 Å². The Morgan fingerprint density at radius 1 is 0.562 bits per heavy atom. The first-order valence-electron chi connectivity index (χ1n) is 11.8. The highest BCUT2D eigenvalue weighted by Crippen LogP contribution is 2.48. The maximum Gasteiger partial charge on any atom is 0.119 e. The number of hydrogen-bond acceptors (Lipinski definition) is 2. The van der Waals surface area contributed by atoms with Gasteiger partial charge in [-0.1, -0.05) is 52.0 Å². The van der Waals surface area contributed by atoms with Crippen molar-refractivity contribution in [3.63, 3.8) is 0 Å². The van der Waals surface area contributed by atoms with Crippen LogP contribution in [0.15, 0.2) is 48.5 Å². The van der Waals surface area contributed by atoms with E-state index in [1.54, 1.807) is 14.2 Å². The van der Waals surface area contributed by atoms with E-state index in [9.17, 15) is 0 Å². The summed E-state index contributed by atoms with van der Waals surface area (Å²) in [6.07, 6.45) is 4.42. The van der Waals surface area contributed by atoms with Crippen LogP contribution in [0.25, 0.3) is 22.3 Å². The van der Waals surface area contributed by atoms with Crippen molar-refractivity contribution >= 4 is 0 Å². The van der Waals surface area contributed by atoms with Crippen LogP contribution in [0.2, 0.25) is 0 Å². The van der Waals surface area contributed by atoms with Gasteiger partial charge in [0.05, 0.1) is 14.2 Å². The molecule has 0 unspecified atom stereocenters. The van der Waals surface area contributed by atoms with Crippen LogP contribution in [0.1, 0.15) is 62.8 Å². The Morgan fingerprint density at radius 3 is 1.34 bits per heavy atom. The molecule has 0 aliphatic heterocycles. The molecule has 0 saturated carbocycles. The lowest BCUT2D eigenvalue weighted by Gasteiger charge is -2.26. The normalized spacial score (nSPS) is 17.7. The van der Waals surface area contributed by atoms with Crippen molar-refractivity contribution in [2.24, 2.45) is 0 Å². The van der Waals surface area contributed by atoms with E-state index in [2.05, 4.69) is 76.2 Å². The number of fused-ring (bicyclic) bond motifs is 6. The summed E-state index contributed by atoms with van der Waals surface area (Å²) in [6, 6.07) is 18.2. The second kappa shape index (κ2) is 7.40. The van der Waals surface area contributed by atoms with E-state index < -0.39 is 0 Å². The van der Waals surface area contributed by atoms with Gasteiger partial charge in [0.2, 0.25) is 0 Å². The lowest BCUT2D eigenvalue weighted by atomic mass is 9.79. The molecule has 32 heavy (non-hydrogen) atoms. The molecule has 3 aromatic rings. The smallest absolute Gasteiger partial charge is 0.119 e. The molecular formula is C30H34O2. The Hall–Kier alpha value is -2.74. The monoisotopic (exact) mass is 426 g/mol. The molecule has 0 aromatic heterocycles. The molecule has 2 aliphatic rings. The minimum absolute atomic E-state index is 0.105. The topological polar surface area (TPSA) is 18.5 Å². The van der Waals surface area contributed by atoms with Gasteiger partial charge >= 0.3 is 0 Å². The Labute approximate surface area is 192 Å². The molecular weight excluding hydrogens is 392 g/mol. The third kappa shape index (κ3) is 3.32. The van der Waals surface area contributed by atoms with Gasteiger partial charge in [-0.05, 0) is 105 Å². The molecule has 0 radical (unpaired) electrons. The zero-order valence-corrected chi connectivity index (χ0v) is 20.3. The molecule has 0 saturated heterocycles. The van der Waals surface area contributed by atoms with E-state index >= 15 is 0 Å². The molecule has 166 valence electrons. The average molecular weight is 427 g/mol. The first kappa shape index (κ1) is 21.1. The standard InChI is InChI=1S/C30H34O2/c1-29(2)13-11-19-15-26-20(16-25(19)23-9-7-21(31-5)17-27(23)29)12-14-30(3,4)28-18-22(32-6)8-10-24(26)28/h7-10,15-18H,11-14H2,1-6H3. The van der Waals surface area contributed by atoms with Crippen molar-refractivity contribution in [3.05, 3.63) is 70.8 Å². The van der Waals surface area contributed by atoms with Crippen LogP contribution in [0.5, 0.6) is 11.5 Å². The summed E-state index contributed by atoms with van der Waals surface area (Å²) in [4.78, 5) is 0. The van der Waals surface area contributed by atoms with Gasteiger partial charge in [-0.25, -0.2) is 0 Å². The van der Waals surface area contributed by atoms with Crippen LogP contribution in [0, 0.1) is 0 Å². The van der Waals surface area contributed by atoms with E-state index in [-0.39, 0.29) is 10.8 Å². The Kier molecular flexibility index (Phi) is 4.89. The maximum atomic E-state index is 5.58. The summed E-state index contributed by atoms with van der Waals surface area (Å²) in [6.45, 7) is 9.47. The van der Waals surface area contributed by atoms with Crippen molar-refractivity contribution < 1.29 is 9.47 Å². The molecule has 2 nitrogen and oxygen atoms in total. The molecule has 0 atom stereocenters. The zero-order valence-electron chi connectivity index (χ0n) is 20.3. The van der Waals surface area contributed by atoms with Gasteiger partial charge in [0.25, 0.3) is 0 Å². The van der Waals surface area contributed by atoms with Crippen LogP contribution in [0.4, 0.5) is 0 Å². The number of ether oxygens (including phenoxy) is 2. The van der Waals surface area contributed by atoms with E-state index in [4.69, 9.17) is 9.47 Å². The lowest BCUT2D eigenvalue weighted by Crippen LogP contribution is -2.17. The SMILES string of the molecule is COc1ccc2c(c1)C(C)(C)CCc1cc3c(cc1-2)CCC(C)(C)c1cc(OC)ccc1-3. The molecule has 2 heteroatoms. The molecule has 0 amide bonds. The average Bonchev–Trinajstić information content (AvgIpc) is 2.97. The number of rotatable bonds is 2. The molecule has 0 fully saturated rings. The Morgan fingerprint density at radius 2 is 0.969 bits per heavy atom. The largest absolute Gasteiger partial charge is 0.497 e. The summed E-state index contributed by atoms with van der Waals surface area (Å²) >= 11 is 0. The summed E-state index contributed by atoms with van der Waals surface area (Å²) in [5.74, 6) is 1.89. The van der Waals surface area contributed by atoms with Crippen LogP contribution in [-0.4, -0.2) is 14.2 Å². The molecule has 0 heterocycles. The van der Waals surface area contributed by atoms with Gasteiger partial charge in [-0.15, -0.1) is 0 Å². The maximum absolute atomic E-state index is 5.58. The predicted molar refractivity (Wildman–Crippen MR) is 133 cm³/mol. The number of methoxy groups -OCH3 is 2. The third-order valence-corrected chi connectivity index (χ3v) is 7.86.